The molecule has 182 valence electrons. The Morgan fingerprint density at radius 1 is 1.03 bits per heavy atom. The number of piperidine rings is 1. The van der Waals surface area contributed by atoms with E-state index in [1.54, 1.807) is 15.8 Å². The number of halogens is 3. The number of rotatable bonds is 4. The number of ether oxygens (including phenoxy) is 3. The van der Waals surface area contributed by atoms with Crippen LogP contribution in [-0.4, -0.2) is 55.8 Å². The molecule has 0 bridgehead atoms. The maximum absolute atomic E-state index is 12.3. The normalized spacial score (nSPS) is 15.4. The molecule has 2 aromatic heterocycles. The fourth-order valence-electron chi connectivity index (χ4n) is 3.63. The third-order valence-electron chi connectivity index (χ3n) is 5.09. The van der Waals surface area contributed by atoms with Crippen molar-refractivity contribution in [1.82, 2.24) is 24.6 Å². The summed E-state index contributed by atoms with van der Waals surface area (Å²) in [6.07, 6.45) is -0.813. The van der Waals surface area contributed by atoms with Crippen LogP contribution in [0.4, 0.5) is 18.0 Å². The molecule has 0 radical (unpaired) electrons. The first-order valence-corrected chi connectivity index (χ1v) is 10.7. The van der Waals surface area contributed by atoms with Crippen molar-refractivity contribution in [2.75, 3.05) is 13.1 Å². The molecule has 1 fully saturated rings. The monoisotopic (exact) mass is 479 g/mol. The van der Waals surface area contributed by atoms with Gasteiger partial charge >= 0.3 is 12.5 Å². The lowest BCUT2D eigenvalue weighted by Crippen LogP contribution is -2.42. The molecule has 0 unspecified atom stereocenters. The maximum atomic E-state index is 12.3. The van der Waals surface area contributed by atoms with Gasteiger partial charge in [0.25, 0.3) is 0 Å². The van der Waals surface area contributed by atoms with E-state index in [1.807, 2.05) is 20.8 Å². The summed E-state index contributed by atoms with van der Waals surface area (Å²) in [4.78, 5) is 22.5. The van der Waals surface area contributed by atoms with E-state index in [-0.39, 0.29) is 29.5 Å². The Bertz CT molecular complexity index is 1150. The Labute approximate surface area is 193 Å². The number of hydrogen-bond donors (Lipinski definition) is 0. The zero-order valence-electron chi connectivity index (χ0n) is 18.9. The third-order valence-corrected chi connectivity index (χ3v) is 5.09. The molecule has 0 atom stereocenters. The van der Waals surface area contributed by atoms with Gasteiger partial charge < -0.3 is 19.1 Å². The quantitative estimate of drug-likeness (QED) is 0.515. The largest absolute Gasteiger partial charge is 0.573 e. The summed E-state index contributed by atoms with van der Waals surface area (Å²) in [5, 5.41) is 5.02. The molecule has 1 amide bonds. The molecule has 0 aliphatic carbocycles. The number of nitrogens with zero attached hydrogens (tertiary/aromatic N) is 5. The van der Waals surface area contributed by atoms with Crippen molar-refractivity contribution in [3.63, 3.8) is 0 Å². The topological polar surface area (TPSA) is 91.6 Å². The van der Waals surface area contributed by atoms with E-state index in [9.17, 15) is 18.0 Å². The fourth-order valence-corrected chi connectivity index (χ4v) is 3.63. The van der Waals surface area contributed by atoms with Gasteiger partial charge in [-0.05, 0) is 57.9 Å². The first-order chi connectivity index (χ1) is 16.0. The number of amides is 1. The molecule has 12 heteroatoms. The molecule has 34 heavy (non-hydrogen) atoms. The average molecular weight is 479 g/mol. The highest BCUT2D eigenvalue weighted by atomic mass is 19.4. The number of alkyl halides is 3. The van der Waals surface area contributed by atoms with E-state index >= 15 is 0 Å². The van der Waals surface area contributed by atoms with Crippen LogP contribution in [0.5, 0.6) is 17.4 Å². The summed E-state index contributed by atoms with van der Waals surface area (Å²) in [7, 11) is 0. The maximum Gasteiger partial charge on any atom is 0.573 e. The van der Waals surface area contributed by atoms with Crippen LogP contribution in [0.1, 0.15) is 39.7 Å². The Hall–Kier alpha value is -3.57. The van der Waals surface area contributed by atoms with Gasteiger partial charge in [0.05, 0.1) is 12.2 Å². The van der Waals surface area contributed by atoms with Gasteiger partial charge in [-0.15, -0.1) is 13.2 Å². The number of carbonyl (C=O) groups excluding carboxylic acids is 1. The number of carbonyl (C=O) groups is 1. The number of benzene rings is 1. The fraction of sp³-hybridized carbons (Fsp3) is 0.455. The van der Waals surface area contributed by atoms with Crippen LogP contribution in [-0.2, 0) is 4.74 Å². The zero-order chi connectivity index (χ0) is 24.5. The van der Waals surface area contributed by atoms with Crippen LogP contribution in [0.3, 0.4) is 0 Å². The van der Waals surface area contributed by atoms with E-state index in [4.69, 9.17) is 9.47 Å². The lowest BCUT2D eigenvalue weighted by atomic mass is 10.1. The zero-order valence-corrected chi connectivity index (χ0v) is 18.9. The molecule has 0 N–H and O–H groups in total. The summed E-state index contributed by atoms with van der Waals surface area (Å²) in [6.45, 7) is 6.55. The number of aromatic nitrogens is 4. The highest BCUT2D eigenvalue weighted by molar-refractivity contribution is 5.80. The Morgan fingerprint density at radius 2 is 1.68 bits per heavy atom. The predicted octanol–water partition coefficient (Wildman–Crippen LogP) is 5.09. The number of hydrogen-bond acceptors (Lipinski definition) is 7. The van der Waals surface area contributed by atoms with Crippen molar-refractivity contribution >= 4 is 17.1 Å². The molecule has 1 saturated heterocycles. The molecule has 1 aliphatic rings. The minimum atomic E-state index is -4.77. The number of fused-ring (bicyclic) bond motifs is 1. The van der Waals surface area contributed by atoms with Crippen molar-refractivity contribution in [1.29, 1.82) is 0 Å². The van der Waals surface area contributed by atoms with Crippen LogP contribution in [0, 0.1) is 0 Å². The standard InChI is InChI=1S/C22H24F3N5O4/c1-21(2,3)34-20(31)29-10-8-14(9-11-29)30-18-17(12-28-30)19(27-13-26-18)32-15-4-6-16(7-5-15)33-22(23,24)25/h4-7,12-14H,8-11H2,1-3H3. The van der Waals surface area contributed by atoms with E-state index in [0.29, 0.717) is 37.0 Å². The molecular weight excluding hydrogens is 455 g/mol. The predicted molar refractivity (Wildman–Crippen MR) is 115 cm³/mol. The molecule has 0 spiro atoms. The van der Waals surface area contributed by atoms with Gasteiger partial charge in [-0.25, -0.2) is 19.4 Å². The SMILES string of the molecule is CC(C)(C)OC(=O)N1CCC(n2ncc3c(Oc4ccc(OC(F)(F)F)cc4)ncnc32)CC1. The molecule has 4 rings (SSSR count). The second-order valence-electron chi connectivity index (χ2n) is 8.83. The third kappa shape index (κ3) is 5.67. The van der Waals surface area contributed by atoms with Gasteiger partial charge in [0, 0.05) is 13.1 Å². The van der Waals surface area contributed by atoms with Crippen molar-refractivity contribution in [2.45, 2.75) is 51.6 Å². The van der Waals surface area contributed by atoms with Crippen LogP contribution in [0.25, 0.3) is 11.0 Å². The van der Waals surface area contributed by atoms with Crippen molar-refractivity contribution in [3.8, 4) is 17.4 Å². The molecule has 3 heterocycles. The van der Waals surface area contributed by atoms with Gasteiger partial charge in [0.1, 0.15) is 28.8 Å². The molecule has 9 nitrogen and oxygen atoms in total. The van der Waals surface area contributed by atoms with Crippen LogP contribution in [0.2, 0.25) is 0 Å². The summed E-state index contributed by atoms with van der Waals surface area (Å²) in [6, 6.07) is 5.04. The molecule has 0 saturated carbocycles. The van der Waals surface area contributed by atoms with Gasteiger partial charge in [0.2, 0.25) is 5.88 Å². The highest BCUT2D eigenvalue weighted by Crippen LogP contribution is 2.32. The van der Waals surface area contributed by atoms with Crippen LogP contribution in [0.15, 0.2) is 36.8 Å². The molecule has 3 aromatic rings. The van der Waals surface area contributed by atoms with Gasteiger partial charge in [-0.1, -0.05) is 0 Å². The Balaban J connectivity index is 1.45. The molecule has 1 aromatic carbocycles. The summed E-state index contributed by atoms with van der Waals surface area (Å²) in [5.74, 6) is 0.165. The van der Waals surface area contributed by atoms with Gasteiger partial charge in [-0.3, -0.25) is 0 Å². The van der Waals surface area contributed by atoms with Crippen molar-refractivity contribution < 1.29 is 32.2 Å². The number of likely N-dealkylation sites (tertiary alicyclic amines) is 1. The molecular formula is C22H24F3N5O4. The Kier molecular flexibility index (Phi) is 6.24. The van der Waals surface area contributed by atoms with Crippen LogP contribution < -0.4 is 9.47 Å². The molecule has 1 aliphatic heterocycles. The smallest absolute Gasteiger partial charge is 0.444 e. The van der Waals surface area contributed by atoms with Crippen molar-refractivity contribution in [2.24, 2.45) is 0 Å². The minimum absolute atomic E-state index is 0.0257. The first-order valence-electron chi connectivity index (χ1n) is 10.7. The summed E-state index contributed by atoms with van der Waals surface area (Å²) in [5.41, 5.74) is 0.0169. The van der Waals surface area contributed by atoms with Gasteiger partial charge in [-0.2, -0.15) is 5.10 Å². The summed E-state index contributed by atoms with van der Waals surface area (Å²) >= 11 is 0. The Morgan fingerprint density at radius 3 is 2.29 bits per heavy atom. The first kappa shape index (κ1) is 23.6. The van der Waals surface area contributed by atoms with E-state index < -0.39 is 12.0 Å². The van der Waals surface area contributed by atoms with E-state index in [2.05, 4.69) is 19.8 Å². The minimum Gasteiger partial charge on any atom is -0.444 e. The lowest BCUT2D eigenvalue weighted by Gasteiger charge is -2.33. The second kappa shape index (κ2) is 8.99. The van der Waals surface area contributed by atoms with E-state index in [0.717, 1.165) is 12.1 Å². The summed E-state index contributed by atoms with van der Waals surface area (Å²) < 4.78 is 53.9. The van der Waals surface area contributed by atoms with E-state index in [1.165, 1.54) is 18.5 Å². The average Bonchev–Trinajstić information content (AvgIpc) is 3.18. The lowest BCUT2D eigenvalue weighted by molar-refractivity contribution is -0.274. The second-order valence-corrected chi connectivity index (χ2v) is 8.83. The van der Waals surface area contributed by atoms with Crippen LogP contribution >= 0.6 is 0 Å². The van der Waals surface area contributed by atoms with Crippen molar-refractivity contribution in [3.05, 3.63) is 36.8 Å². The highest BCUT2D eigenvalue weighted by Gasteiger charge is 2.31. The van der Waals surface area contributed by atoms with Gasteiger partial charge in [0.15, 0.2) is 5.65 Å².